The molecule has 0 bridgehead atoms. The lowest BCUT2D eigenvalue weighted by Gasteiger charge is -2.38. The summed E-state index contributed by atoms with van der Waals surface area (Å²) in [4.78, 5) is 0. The van der Waals surface area contributed by atoms with E-state index in [-0.39, 0.29) is 18.3 Å². The number of hydrogen-bond donors (Lipinski definition) is 0. The predicted octanol–water partition coefficient (Wildman–Crippen LogP) is 4.50. The Hall–Kier alpha value is -0.120. The SMILES string of the molecule is CCC(C)OC(CC)(OC(C)CC)OC(C)CC. The third kappa shape index (κ3) is 6.17. The Morgan fingerprint density at radius 2 is 0.944 bits per heavy atom. The van der Waals surface area contributed by atoms with Crippen LogP contribution in [0.1, 0.15) is 74.1 Å². The summed E-state index contributed by atoms with van der Waals surface area (Å²) in [5.74, 6) is -0.889. The van der Waals surface area contributed by atoms with Crippen LogP contribution in [-0.4, -0.2) is 24.3 Å². The van der Waals surface area contributed by atoms with Crippen LogP contribution in [0.3, 0.4) is 0 Å². The molecule has 0 saturated heterocycles. The van der Waals surface area contributed by atoms with Gasteiger partial charge in [0, 0.05) is 6.42 Å². The highest BCUT2D eigenvalue weighted by molar-refractivity contribution is 4.64. The summed E-state index contributed by atoms with van der Waals surface area (Å²) in [7, 11) is 0. The molecular weight excluding hydrogens is 228 g/mol. The van der Waals surface area contributed by atoms with Gasteiger partial charge >= 0.3 is 0 Å². The van der Waals surface area contributed by atoms with E-state index in [4.69, 9.17) is 14.2 Å². The zero-order chi connectivity index (χ0) is 14.2. The second-order valence-electron chi connectivity index (χ2n) is 5.05. The van der Waals surface area contributed by atoms with E-state index in [1.807, 2.05) is 6.92 Å². The Bertz CT molecular complexity index is 175. The van der Waals surface area contributed by atoms with Gasteiger partial charge in [-0.1, -0.05) is 27.7 Å². The van der Waals surface area contributed by atoms with Gasteiger partial charge in [-0.05, 0) is 40.0 Å². The fraction of sp³-hybridized carbons (Fsp3) is 1.00. The van der Waals surface area contributed by atoms with Crippen LogP contribution in [-0.2, 0) is 14.2 Å². The lowest BCUT2D eigenvalue weighted by molar-refractivity contribution is -0.414. The minimum atomic E-state index is -0.889. The van der Waals surface area contributed by atoms with E-state index in [0.29, 0.717) is 6.42 Å². The van der Waals surface area contributed by atoms with Crippen molar-refractivity contribution in [2.24, 2.45) is 0 Å². The molecule has 3 unspecified atom stereocenters. The zero-order valence-electron chi connectivity index (χ0n) is 13.3. The Morgan fingerprint density at radius 3 is 1.11 bits per heavy atom. The van der Waals surface area contributed by atoms with Crippen LogP contribution in [0.5, 0.6) is 0 Å². The van der Waals surface area contributed by atoms with E-state index in [9.17, 15) is 0 Å². The summed E-state index contributed by atoms with van der Waals surface area (Å²) in [5, 5.41) is 0. The van der Waals surface area contributed by atoms with E-state index in [1.165, 1.54) is 0 Å². The maximum atomic E-state index is 6.04. The Morgan fingerprint density at radius 1 is 0.667 bits per heavy atom. The van der Waals surface area contributed by atoms with Crippen molar-refractivity contribution in [1.82, 2.24) is 0 Å². The second-order valence-corrected chi connectivity index (χ2v) is 5.05. The van der Waals surface area contributed by atoms with Gasteiger partial charge in [0.2, 0.25) is 0 Å². The highest BCUT2D eigenvalue weighted by atomic mass is 16.9. The van der Waals surface area contributed by atoms with Gasteiger partial charge in [0.1, 0.15) is 0 Å². The molecule has 0 aromatic heterocycles. The molecule has 110 valence electrons. The van der Waals surface area contributed by atoms with Crippen molar-refractivity contribution >= 4 is 0 Å². The predicted molar refractivity (Wildman–Crippen MR) is 75.5 cm³/mol. The standard InChI is InChI=1S/C15H32O3/c1-8-12(5)16-15(11-4,17-13(6)9-2)18-14(7)10-3/h12-14H,8-11H2,1-7H3. The van der Waals surface area contributed by atoms with Crippen molar-refractivity contribution in [3.63, 3.8) is 0 Å². The molecule has 0 aliphatic rings. The number of hydrogen-bond acceptors (Lipinski definition) is 3. The molecule has 0 spiro atoms. The van der Waals surface area contributed by atoms with E-state index in [1.54, 1.807) is 0 Å². The Kier molecular flexibility index (Phi) is 8.83. The molecule has 0 aliphatic carbocycles. The Labute approximate surface area is 113 Å². The van der Waals surface area contributed by atoms with Crippen molar-refractivity contribution < 1.29 is 14.2 Å². The molecule has 0 amide bonds. The van der Waals surface area contributed by atoms with Gasteiger partial charge in [0.25, 0.3) is 5.97 Å². The lowest BCUT2D eigenvalue weighted by atomic mass is 10.2. The van der Waals surface area contributed by atoms with Crippen LogP contribution in [0.4, 0.5) is 0 Å². The topological polar surface area (TPSA) is 27.7 Å². The largest absolute Gasteiger partial charge is 0.324 e. The van der Waals surface area contributed by atoms with Crippen LogP contribution < -0.4 is 0 Å². The zero-order valence-corrected chi connectivity index (χ0v) is 13.3. The van der Waals surface area contributed by atoms with Crippen LogP contribution in [0, 0.1) is 0 Å². The molecule has 0 saturated carbocycles. The first kappa shape index (κ1) is 17.9. The molecule has 3 nitrogen and oxygen atoms in total. The molecule has 3 atom stereocenters. The van der Waals surface area contributed by atoms with Crippen LogP contribution in [0.2, 0.25) is 0 Å². The molecule has 0 aliphatic heterocycles. The molecule has 3 heteroatoms. The molecule has 0 rings (SSSR count). The van der Waals surface area contributed by atoms with Crippen molar-refractivity contribution in [3.8, 4) is 0 Å². The molecule has 18 heavy (non-hydrogen) atoms. The first-order valence-electron chi connectivity index (χ1n) is 7.46. The second kappa shape index (κ2) is 8.89. The van der Waals surface area contributed by atoms with Crippen molar-refractivity contribution in [2.45, 2.75) is 98.4 Å². The fourth-order valence-electron chi connectivity index (χ4n) is 1.50. The summed E-state index contributed by atoms with van der Waals surface area (Å²) in [6.45, 7) is 14.6. The molecule has 0 aromatic rings. The van der Waals surface area contributed by atoms with Crippen LogP contribution in [0.25, 0.3) is 0 Å². The first-order valence-corrected chi connectivity index (χ1v) is 7.46. The van der Waals surface area contributed by atoms with Gasteiger partial charge in [-0.2, -0.15) is 0 Å². The van der Waals surface area contributed by atoms with Gasteiger partial charge in [0.05, 0.1) is 18.3 Å². The highest BCUT2D eigenvalue weighted by Crippen LogP contribution is 2.27. The molecular formula is C15H32O3. The summed E-state index contributed by atoms with van der Waals surface area (Å²) in [6, 6.07) is 0. The smallest absolute Gasteiger partial charge is 0.283 e. The molecule has 0 heterocycles. The van der Waals surface area contributed by atoms with Crippen LogP contribution >= 0.6 is 0 Å². The van der Waals surface area contributed by atoms with Gasteiger partial charge in [-0.15, -0.1) is 0 Å². The number of ether oxygens (including phenoxy) is 3. The molecule has 0 radical (unpaired) electrons. The monoisotopic (exact) mass is 260 g/mol. The average Bonchev–Trinajstić information content (AvgIpc) is 2.37. The summed E-state index contributed by atoms with van der Waals surface area (Å²) in [6.07, 6.45) is 3.97. The minimum Gasteiger partial charge on any atom is -0.324 e. The van der Waals surface area contributed by atoms with Gasteiger partial charge < -0.3 is 14.2 Å². The van der Waals surface area contributed by atoms with Crippen molar-refractivity contribution in [2.75, 3.05) is 0 Å². The van der Waals surface area contributed by atoms with E-state index in [0.717, 1.165) is 19.3 Å². The van der Waals surface area contributed by atoms with Crippen LogP contribution in [0.15, 0.2) is 0 Å². The van der Waals surface area contributed by atoms with Crippen molar-refractivity contribution in [3.05, 3.63) is 0 Å². The quantitative estimate of drug-likeness (QED) is 0.541. The third-order valence-electron chi connectivity index (χ3n) is 3.30. The third-order valence-corrected chi connectivity index (χ3v) is 3.30. The minimum absolute atomic E-state index is 0.137. The maximum Gasteiger partial charge on any atom is 0.283 e. The van der Waals surface area contributed by atoms with Crippen molar-refractivity contribution in [1.29, 1.82) is 0 Å². The molecule has 0 fully saturated rings. The summed E-state index contributed by atoms with van der Waals surface area (Å²) < 4.78 is 18.1. The fourth-order valence-corrected chi connectivity index (χ4v) is 1.50. The van der Waals surface area contributed by atoms with Gasteiger partial charge in [-0.3, -0.25) is 0 Å². The van der Waals surface area contributed by atoms with Gasteiger partial charge in [0.15, 0.2) is 0 Å². The number of rotatable bonds is 10. The maximum absolute atomic E-state index is 6.04. The summed E-state index contributed by atoms with van der Waals surface area (Å²) >= 11 is 0. The summed E-state index contributed by atoms with van der Waals surface area (Å²) in [5.41, 5.74) is 0. The highest BCUT2D eigenvalue weighted by Gasteiger charge is 2.36. The average molecular weight is 260 g/mol. The normalized spacial score (nSPS) is 20.2. The molecule has 0 aromatic carbocycles. The first-order chi connectivity index (χ1) is 8.42. The lowest BCUT2D eigenvalue weighted by Crippen LogP contribution is -2.45. The van der Waals surface area contributed by atoms with E-state index >= 15 is 0 Å². The Balaban J connectivity index is 4.81. The molecule has 0 N–H and O–H groups in total. The van der Waals surface area contributed by atoms with E-state index in [2.05, 4.69) is 41.5 Å². The van der Waals surface area contributed by atoms with E-state index < -0.39 is 5.97 Å². The van der Waals surface area contributed by atoms with Gasteiger partial charge in [-0.25, -0.2) is 0 Å².